The second-order valence-electron chi connectivity index (χ2n) is 7.14. The van der Waals surface area contributed by atoms with Crippen molar-refractivity contribution in [3.8, 4) is 0 Å². The van der Waals surface area contributed by atoms with Crippen LogP contribution in [0.2, 0.25) is 0 Å². The molecule has 0 aliphatic carbocycles. The number of hydrogen-bond acceptors (Lipinski definition) is 3. The van der Waals surface area contributed by atoms with Crippen molar-refractivity contribution >= 4 is 28.3 Å². The first-order valence-corrected chi connectivity index (χ1v) is 8.33. The first kappa shape index (κ1) is 15.5. The fraction of sp³-hybridized carbons (Fsp3) is 0.190. The SMILES string of the molecule is CC(C)(C)N=C1c2ccccc2C(=O)N1c1cccc2cccnc12. The summed E-state index contributed by atoms with van der Waals surface area (Å²) in [7, 11) is 0. The summed E-state index contributed by atoms with van der Waals surface area (Å²) >= 11 is 0. The number of benzene rings is 2. The Morgan fingerprint density at radius 1 is 0.920 bits per heavy atom. The number of pyridine rings is 1. The minimum Gasteiger partial charge on any atom is -0.268 e. The molecule has 4 heteroatoms. The number of carbonyl (C=O) groups is 1. The quantitative estimate of drug-likeness (QED) is 0.662. The van der Waals surface area contributed by atoms with Gasteiger partial charge in [0.1, 0.15) is 5.84 Å². The zero-order valence-corrected chi connectivity index (χ0v) is 14.5. The van der Waals surface area contributed by atoms with Crippen LogP contribution >= 0.6 is 0 Å². The molecular weight excluding hydrogens is 310 g/mol. The predicted octanol–water partition coefficient (Wildman–Crippen LogP) is 4.44. The lowest BCUT2D eigenvalue weighted by Gasteiger charge is -2.22. The van der Waals surface area contributed by atoms with E-state index in [1.807, 2.05) is 75.4 Å². The summed E-state index contributed by atoms with van der Waals surface area (Å²) in [5.41, 5.74) is 2.81. The Kier molecular flexibility index (Phi) is 3.42. The van der Waals surface area contributed by atoms with Gasteiger partial charge in [-0.3, -0.25) is 19.7 Å². The normalized spacial score (nSPS) is 15.9. The highest BCUT2D eigenvalue weighted by Gasteiger charge is 2.36. The molecule has 0 saturated carbocycles. The Bertz CT molecular complexity index is 1010. The molecule has 2 aromatic carbocycles. The van der Waals surface area contributed by atoms with Crippen LogP contribution in [0.25, 0.3) is 10.9 Å². The molecule has 1 aromatic heterocycles. The van der Waals surface area contributed by atoms with Crippen LogP contribution in [0, 0.1) is 0 Å². The van der Waals surface area contributed by atoms with Crippen LogP contribution < -0.4 is 4.90 Å². The number of aromatic nitrogens is 1. The number of amidine groups is 1. The van der Waals surface area contributed by atoms with E-state index in [4.69, 9.17) is 4.99 Å². The Morgan fingerprint density at radius 3 is 2.40 bits per heavy atom. The molecule has 0 spiro atoms. The number of para-hydroxylation sites is 1. The molecule has 3 aromatic rings. The van der Waals surface area contributed by atoms with Crippen molar-refractivity contribution in [3.05, 3.63) is 71.9 Å². The van der Waals surface area contributed by atoms with E-state index < -0.39 is 0 Å². The van der Waals surface area contributed by atoms with Crippen molar-refractivity contribution < 1.29 is 4.79 Å². The van der Waals surface area contributed by atoms with Gasteiger partial charge in [0.05, 0.1) is 22.3 Å². The van der Waals surface area contributed by atoms with Crippen molar-refractivity contribution in [2.24, 2.45) is 4.99 Å². The molecule has 4 rings (SSSR count). The molecule has 0 N–H and O–H groups in total. The highest BCUT2D eigenvalue weighted by atomic mass is 16.2. The summed E-state index contributed by atoms with van der Waals surface area (Å²) < 4.78 is 0. The highest BCUT2D eigenvalue weighted by Crippen LogP contribution is 2.33. The van der Waals surface area contributed by atoms with Crippen LogP contribution in [0.1, 0.15) is 36.7 Å². The minimum absolute atomic E-state index is 0.0586. The molecule has 0 atom stereocenters. The predicted molar refractivity (Wildman–Crippen MR) is 101 cm³/mol. The van der Waals surface area contributed by atoms with Crippen LogP contribution in [-0.4, -0.2) is 22.3 Å². The van der Waals surface area contributed by atoms with E-state index in [-0.39, 0.29) is 11.4 Å². The van der Waals surface area contributed by atoms with Crippen molar-refractivity contribution in [1.82, 2.24) is 4.98 Å². The monoisotopic (exact) mass is 329 g/mol. The van der Waals surface area contributed by atoms with Gasteiger partial charge in [-0.2, -0.15) is 0 Å². The summed E-state index contributed by atoms with van der Waals surface area (Å²) in [6, 6.07) is 17.4. The molecule has 0 unspecified atom stereocenters. The van der Waals surface area contributed by atoms with Gasteiger partial charge in [-0.15, -0.1) is 0 Å². The van der Waals surface area contributed by atoms with E-state index in [1.54, 1.807) is 11.1 Å². The van der Waals surface area contributed by atoms with Crippen LogP contribution in [-0.2, 0) is 0 Å². The second-order valence-corrected chi connectivity index (χ2v) is 7.14. The van der Waals surface area contributed by atoms with Crippen LogP contribution in [0.3, 0.4) is 0 Å². The van der Waals surface area contributed by atoms with Crippen LogP contribution in [0.4, 0.5) is 5.69 Å². The number of nitrogens with zero attached hydrogens (tertiary/aromatic N) is 3. The van der Waals surface area contributed by atoms with Crippen LogP contribution in [0.5, 0.6) is 0 Å². The standard InChI is InChI=1S/C21H19N3O/c1-21(2,3)23-19-15-10-4-5-11-16(15)20(25)24(19)17-12-6-8-14-9-7-13-22-18(14)17/h4-13H,1-3H3. The third-order valence-corrected chi connectivity index (χ3v) is 4.11. The number of amides is 1. The average molecular weight is 329 g/mol. The molecule has 1 amide bonds. The van der Waals surface area contributed by atoms with Crippen molar-refractivity contribution in [1.29, 1.82) is 0 Å². The fourth-order valence-corrected chi connectivity index (χ4v) is 3.12. The van der Waals surface area contributed by atoms with E-state index in [9.17, 15) is 4.79 Å². The van der Waals surface area contributed by atoms with Crippen molar-refractivity contribution in [3.63, 3.8) is 0 Å². The minimum atomic E-state index is -0.302. The number of carbonyl (C=O) groups excluding carboxylic acids is 1. The van der Waals surface area contributed by atoms with E-state index in [0.29, 0.717) is 11.4 Å². The smallest absolute Gasteiger partial charge is 0.264 e. The zero-order valence-electron chi connectivity index (χ0n) is 14.5. The Hall–Kier alpha value is -3.01. The molecule has 124 valence electrons. The third-order valence-electron chi connectivity index (χ3n) is 4.11. The maximum absolute atomic E-state index is 13.2. The Morgan fingerprint density at radius 2 is 1.64 bits per heavy atom. The summed E-state index contributed by atoms with van der Waals surface area (Å²) in [6.07, 6.45) is 1.75. The number of rotatable bonds is 1. The molecule has 0 saturated heterocycles. The number of hydrogen-bond donors (Lipinski definition) is 0. The van der Waals surface area contributed by atoms with Gasteiger partial charge in [0.25, 0.3) is 5.91 Å². The van der Waals surface area contributed by atoms with Gasteiger partial charge in [-0.25, -0.2) is 0 Å². The summed E-state index contributed by atoms with van der Waals surface area (Å²) in [5.74, 6) is 0.628. The molecule has 1 aliphatic rings. The average Bonchev–Trinajstić information content (AvgIpc) is 2.85. The van der Waals surface area contributed by atoms with Crippen LogP contribution in [0.15, 0.2) is 65.8 Å². The van der Waals surface area contributed by atoms with Crippen molar-refractivity contribution in [2.45, 2.75) is 26.3 Å². The van der Waals surface area contributed by atoms with Gasteiger partial charge in [0, 0.05) is 17.1 Å². The van der Waals surface area contributed by atoms with E-state index >= 15 is 0 Å². The van der Waals surface area contributed by atoms with Gasteiger partial charge < -0.3 is 0 Å². The number of anilines is 1. The number of aliphatic imine (C=N–C) groups is 1. The van der Waals surface area contributed by atoms with Gasteiger partial charge in [0.15, 0.2) is 0 Å². The number of fused-ring (bicyclic) bond motifs is 2. The van der Waals surface area contributed by atoms with Gasteiger partial charge in [-0.05, 0) is 39.0 Å². The van der Waals surface area contributed by atoms with E-state index in [1.165, 1.54) is 0 Å². The maximum atomic E-state index is 13.2. The summed E-state index contributed by atoms with van der Waals surface area (Å²) in [6.45, 7) is 6.10. The molecule has 0 fully saturated rings. The highest BCUT2D eigenvalue weighted by molar-refractivity contribution is 6.37. The molecule has 1 aliphatic heterocycles. The van der Waals surface area contributed by atoms with Gasteiger partial charge >= 0.3 is 0 Å². The summed E-state index contributed by atoms with van der Waals surface area (Å²) in [5, 5.41) is 0.999. The Labute approximate surface area is 146 Å². The maximum Gasteiger partial charge on any atom is 0.264 e. The zero-order chi connectivity index (χ0) is 17.6. The van der Waals surface area contributed by atoms with Gasteiger partial charge in [0.2, 0.25) is 0 Å². The fourth-order valence-electron chi connectivity index (χ4n) is 3.12. The van der Waals surface area contributed by atoms with E-state index in [2.05, 4.69) is 4.98 Å². The lowest BCUT2D eigenvalue weighted by atomic mass is 10.1. The summed E-state index contributed by atoms with van der Waals surface area (Å²) in [4.78, 5) is 24.2. The second kappa shape index (κ2) is 5.52. The molecular formula is C21H19N3O. The first-order chi connectivity index (χ1) is 12.0. The van der Waals surface area contributed by atoms with Gasteiger partial charge in [-0.1, -0.05) is 36.4 Å². The lowest BCUT2D eigenvalue weighted by Crippen LogP contribution is -2.32. The molecule has 0 radical (unpaired) electrons. The molecule has 0 bridgehead atoms. The van der Waals surface area contributed by atoms with E-state index in [0.717, 1.165) is 22.2 Å². The lowest BCUT2D eigenvalue weighted by molar-refractivity contribution is 0.101. The Balaban J connectivity index is 2.00. The van der Waals surface area contributed by atoms with Crippen molar-refractivity contribution in [2.75, 3.05) is 4.90 Å². The largest absolute Gasteiger partial charge is 0.268 e. The first-order valence-electron chi connectivity index (χ1n) is 8.33. The topological polar surface area (TPSA) is 45.6 Å². The molecule has 4 nitrogen and oxygen atoms in total. The third kappa shape index (κ3) is 2.60. The molecule has 25 heavy (non-hydrogen) atoms. The molecule has 2 heterocycles.